The molecule has 4 nitrogen and oxygen atoms in total. The molecule has 0 aliphatic heterocycles. The number of hydrogen-bond donors (Lipinski definition) is 1. The molecule has 0 radical (unpaired) electrons. The van der Waals surface area contributed by atoms with E-state index in [-0.39, 0.29) is 18.5 Å². The Morgan fingerprint density at radius 3 is 2.62 bits per heavy atom. The summed E-state index contributed by atoms with van der Waals surface area (Å²) in [7, 11) is 1.29. The Hall–Kier alpha value is -2.69. The van der Waals surface area contributed by atoms with Gasteiger partial charge in [-0.15, -0.1) is 0 Å². The molecule has 0 aromatic heterocycles. The maximum atomic E-state index is 14.0. The van der Waals surface area contributed by atoms with Crippen LogP contribution in [-0.2, 0) is 16.0 Å². The minimum atomic E-state index is -0.475. The molecule has 0 atom stereocenters. The number of halogens is 1. The van der Waals surface area contributed by atoms with Crippen molar-refractivity contribution in [1.82, 2.24) is 5.32 Å². The third-order valence-corrected chi connectivity index (χ3v) is 3.71. The first kappa shape index (κ1) is 17.7. The summed E-state index contributed by atoms with van der Waals surface area (Å²) in [5.74, 6) is -1.31. The number of methoxy groups -OCH3 is 1. The van der Waals surface area contributed by atoms with Crippen molar-refractivity contribution in [1.29, 1.82) is 0 Å². The summed E-state index contributed by atoms with van der Waals surface area (Å²) < 4.78 is 18.5. The maximum absolute atomic E-state index is 14.0. The average Bonchev–Trinajstić information content (AvgIpc) is 2.60. The van der Waals surface area contributed by atoms with E-state index in [2.05, 4.69) is 10.1 Å². The van der Waals surface area contributed by atoms with Gasteiger partial charge in [-0.2, -0.15) is 0 Å². The third kappa shape index (κ3) is 4.41. The van der Waals surface area contributed by atoms with Gasteiger partial charge in [0.1, 0.15) is 5.82 Å². The summed E-state index contributed by atoms with van der Waals surface area (Å²) in [5, 5.41) is 2.59. The first-order valence-corrected chi connectivity index (χ1v) is 7.79. The fraction of sp³-hybridized carbons (Fsp3) is 0.263. The Morgan fingerprint density at radius 2 is 1.92 bits per heavy atom. The fourth-order valence-electron chi connectivity index (χ4n) is 2.47. The second-order valence-electron chi connectivity index (χ2n) is 5.32. The lowest BCUT2D eigenvalue weighted by atomic mass is 9.96. The van der Waals surface area contributed by atoms with Crippen LogP contribution in [0.2, 0.25) is 0 Å². The van der Waals surface area contributed by atoms with Gasteiger partial charge in [0.25, 0.3) is 5.91 Å². The van der Waals surface area contributed by atoms with Crippen LogP contribution in [0.1, 0.15) is 29.3 Å². The van der Waals surface area contributed by atoms with Gasteiger partial charge in [0.15, 0.2) is 0 Å². The van der Waals surface area contributed by atoms with Crippen molar-refractivity contribution in [3.8, 4) is 11.1 Å². The lowest BCUT2D eigenvalue weighted by Crippen LogP contribution is -2.26. The molecule has 2 aromatic rings. The van der Waals surface area contributed by atoms with Gasteiger partial charge in [0.2, 0.25) is 0 Å². The zero-order valence-electron chi connectivity index (χ0n) is 13.8. The summed E-state index contributed by atoms with van der Waals surface area (Å²) in [6.45, 7) is 2.17. The Bertz CT molecular complexity index is 743. The molecule has 126 valence electrons. The van der Waals surface area contributed by atoms with Crippen LogP contribution in [-0.4, -0.2) is 25.5 Å². The molecular formula is C19H20FNO3. The molecule has 2 rings (SSSR count). The molecule has 1 N–H and O–H groups in total. The Balaban J connectivity index is 2.22. The number of hydrogen-bond acceptors (Lipinski definition) is 3. The highest BCUT2D eigenvalue weighted by Gasteiger charge is 2.12. The number of benzene rings is 2. The molecule has 0 heterocycles. The molecule has 0 saturated heterocycles. The van der Waals surface area contributed by atoms with Gasteiger partial charge >= 0.3 is 5.97 Å². The summed E-state index contributed by atoms with van der Waals surface area (Å²) in [6, 6.07) is 12.0. The predicted octanol–water partition coefficient (Wildman–Crippen LogP) is 3.35. The zero-order valence-corrected chi connectivity index (χ0v) is 13.8. The van der Waals surface area contributed by atoms with Gasteiger partial charge in [-0.1, -0.05) is 31.2 Å². The molecule has 24 heavy (non-hydrogen) atoms. The molecule has 2 aromatic carbocycles. The lowest BCUT2D eigenvalue weighted by molar-refractivity contribution is -0.140. The summed E-state index contributed by atoms with van der Waals surface area (Å²) in [6.07, 6.45) is 0.885. The van der Waals surface area contributed by atoms with E-state index in [9.17, 15) is 14.0 Å². The van der Waals surface area contributed by atoms with Crippen molar-refractivity contribution in [2.45, 2.75) is 19.8 Å². The SMILES string of the molecule is CCc1ccccc1-c1cc(F)cc(C(=O)NCCC(=O)OC)c1. The third-order valence-electron chi connectivity index (χ3n) is 3.71. The van der Waals surface area contributed by atoms with Gasteiger partial charge < -0.3 is 10.1 Å². The highest BCUT2D eigenvalue weighted by molar-refractivity contribution is 5.95. The second kappa shape index (κ2) is 8.24. The van der Waals surface area contributed by atoms with E-state index < -0.39 is 17.7 Å². The Kier molecular flexibility index (Phi) is 6.07. The number of nitrogens with one attached hydrogen (secondary N) is 1. The highest BCUT2D eigenvalue weighted by Crippen LogP contribution is 2.26. The van der Waals surface area contributed by atoms with Gasteiger partial charge in [0.05, 0.1) is 13.5 Å². The number of carbonyl (C=O) groups excluding carboxylic acids is 2. The summed E-state index contributed by atoms with van der Waals surface area (Å²) in [5.41, 5.74) is 2.87. The Morgan fingerprint density at radius 1 is 1.17 bits per heavy atom. The van der Waals surface area contributed by atoms with E-state index in [0.717, 1.165) is 17.5 Å². The van der Waals surface area contributed by atoms with Crippen LogP contribution in [0, 0.1) is 5.82 Å². The highest BCUT2D eigenvalue weighted by atomic mass is 19.1. The van der Waals surface area contributed by atoms with E-state index in [1.807, 2.05) is 31.2 Å². The molecule has 0 spiro atoms. The van der Waals surface area contributed by atoms with Crippen LogP contribution in [0.4, 0.5) is 4.39 Å². The zero-order chi connectivity index (χ0) is 17.5. The number of rotatable bonds is 6. The van der Waals surface area contributed by atoms with Gasteiger partial charge in [0, 0.05) is 12.1 Å². The van der Waals surface area contributed by atoms with Gasteiger partial charge in [-0.25, -0.2) is 4.39 Å². The number of amides is 1. The monoisotopic (exact) mass is 329 g/mol. The standard InChI is InChI=1S/C19H20FNO3/c1-3-13-6-4-5-7-17(13)14-10-15(12-16(20)11-14)19(23)21-9-8-18(22)24-2/h4-7,10-12H,3,8-9H2,1-2H3,(H,21,23). The first-order valence-electron chi connectivity index (χ1n) is 7.79. The Labute approximate surface area is 140 Å². The van der Waals surface area contributed by atoms with Crippen molar-refractivity contribution < 1.29 is 18.7 Å². The van der Waals surface area contributed by atoms with Crippen LogP contribution in [0.15, 0.2) is 42.5 Å². The number of ether oxygens (including phenoxy) is 1. The second-order valence-corrected chi connectivity index (χ2v) is 5.32. The van der Waals surface area contributed by atoms with Crippen LogP contribution in [0.3, 0.4) is 0 Å². The maximum Gasteiger partial charge on any atom is 0.307 e. The van der Waals surface area contributed by atoms with Crippen LogP contribution < -0.4 is 5.32 Å². The topological polar surface area (TPSA) is 55.4 Å². The molecule has 1 amide bonds. The van der Waals surface area contributed by atoms with E-state index in [4.69, 9.17) is 0 Å². The van der Waals surface area contributed by atoms with Crippen molar-refractivity contribution in [2.75, 3.05) is 13.7 Å². The van der Waals surface area contributed by atoms with Crippen LogP contribution in [0.5, 0.6) is 0 Å². The van der Waals surface area contributed by atoms with Gasteiger partial charge in [-0.05, 0) is 41.3 Å². The molecule has 5 heteroatoms. The molecule has 0 bridgehead atoms. The van der Waals surface area contributed by atoms with Crippen LogP contribution >= 0.6 is 0 Å². The molecule has 0 saturated carbocycles. The van der Waals surface area contributed by atoms with E-state index in [1.54, 1.807) is 6.07 Å². The van der Waals surface area contributed by atoms with Gasteiger partial charge in [-0.3, -0.25) is 9.59 Å². The predicted molar refractivity (Wildman–Crippen MR) is 90.2 cm³/mol. The summed E-state index contributed by atoms with van der Waals surface area (Å²) >= 11 is 0. The normalized spacial score (nSPS) is 10.3. The molecular weight excluding hydrogens is 309 g/mol. The van der Waals surface area contributed by atoms with Crippen molar-refractivity contribution >= 4 is 11.9 Å². The smallest absolute Gasteiger partial charge is 0.307 e. The quantitative estimate of drug-likeness (QED) is 0.827. The lowest BCUT2D eigenvalue weighted by Gasteiger charge is -2.10. The largest absolute Gasteiger partial charge is 0.469 e. The van der Waals surface area contributed by atoms with E-state index in [1.165, 1.54) is 19.2 Å². The minimum Gasteiger partial charge on any atom is -0.469 e. The molecule has 0 aliphatic rings. The number of esters is 1. The van der Waals surface area contributed by atoms with Crippen molar-refractivity contribution in [2.24, 2.45) is 0 Å². The number of carbonyl (C=O) groups is 2. The van der Waals surface area contributed by atoms with E-state index >= 15 is 0 Å². The van der Waals surface area contributed by atoms with Crippen molar-refractivity contribution in [3.63, 3.8) is 0 Å². The fourth-order valence-corrected chi connectivity index (χ4v) is 2.47. The van der Waals surface area contributed by atoms with E-state index in [0.29, 0.717) is 5.56 Å². The van der Waals surface area contributed by atoms with Crippen molar-refractivity contribution in [3.05, 3.63) is 59.4 Å². The molecule has 0 unspecified atom stereocenters. The first-order chi connectivity index (χ1) is 11.5. The van der Waals surface area contributed by atoms with Crippen LogP contribution in [0.25, 0.3) is 11.1 Å². The molecule has 0 aliphatic carbocycles. The summed E-state index contributed by atoms with van der Waals surface area (Å²) in [4.78, 5) is 23.2. The molecule has 0 fully saturated rings. The average molecular weight is 329 g/mol. The number of aryl methyl sites for hydroxylation is 1. The minimum absolute atomic E-state index is 0.0725.